The van der Waals surface area contributed by atoms with Crippen molar-refractivity contribution in [2.75, 3.05) is 0 Å². The molecule has 0 fully saturated rings. The first-order chi connectivity index (χ1) is 7.58. The van der Waals surface area contributed by atoms with Crippen molar-refractivity contribution in [1.82, 2.24) is 15.1 Å². The monoisotopic (exact) mass is 220 g/mol. The summed E-state index contributed by atoms with van der Waals surface area (Å²) in [5, 5.41) is 15.5. The molecule has 0 saturated heterocycles. The Kier molecular flexibility index (Phi) is 4.06. The summed E-state index contributed by atoms with van der Waals surface area (Å²) in [7, 11) is 1.77. The Morgan fingerprint density at radius 1 is 1.75 bits per heavy atom. The number of aryl methyl sites for hydroxylation is 2. The highest BCUT2D eigenvalue weighted by molar-refractivity contribution is 5.95. The fourth-order valence-corrected chi connectivity index (χ4v) is 1.49. The topological polar surface area (TPSA) is 70.7 Å². The van der Waals surface area contributed by atoms with E-state index in [2.05, 4.69) is 16.5 Å². The summed E-state index contributed by atoms with van der Waals surface area (Å²) >= 11 is 0. The minimum atomic E-state index is -0.160. The third kappa shape index (κ3) is 2.83. The molecule has 0 spiro atoms. The molecule has 0 aliphatic rings. The van der Waals surface area contributed by atoms with Crippen LogP contribution in [0.3, 0.4) is 0 Å². The summed E-state index contributed by atoms with van der Waals surface area (Å²) in [5.41, 5.74) is 1.27. The number of aromatic nitrogens is 2. The van der Waals surface area contributed by atoms with E-state index in [1.54, 1.807) is 24.9 Å². The lowest BCUT2D eigenvalue weighted by molar-refractivity contribution is 0.0936. The predicted octanol–water partition coefficient (Wildman–Crippen LogP) is 1.15. The minimum absolute atomic E-state index is 0.0860. The molecule has 5 nitrogen and oxygen atoms in total. The molecule has 1 rings (SSSR count). The normalized spacial score (nSPS) is 11.9. The number of amides is 1. The van der Waals surface area contributed by atoms with Crippen LogP contribution < -0.4 is 5.32 Å². The van der Waals surface area contributed by atoms with E-state index in [9.17, 15) is 4.79 Å². The molecule has 0 radical (unpaired) electrons. The van der Waals surface area contributed by atoms with Gasteiger partial charge in [0.1, 0.15) is 0 Å². The van der Waals surface area contributed by atoms with Gasteiger partial charge < -0.3 is 5.32 Å². The fraction of sp³-hybridized carbons (Fsp3) is 0.545. The lowest BCUT2D eigenvalue weighted by atomic mass is 10.1. The van der Waals surface area contributed by atoms with E-state index in [1.165, 1.54) is 0 Å². The SMILES string of the molecule is CCC(CC#N)NC(=O)c1cn(C)nc1C. The van der Waals surface area contributed by atoms with E-state index in [4.69, 9.17) is 5.26 Å². The molecule has 0 aliphatic carbocycles. The summed E-state index contributed by atoms with van der Waals surface area (Å²) in [4.78, 5) is 11.8. The van der Waals surface area contributed by atoms with Gasteiger partial charge in [-0.2, -0.15) is 10.4 Å². The van der Waals surface area contributed by atoms with Crippen LogP contribution in [-0.2, 0) is 7.05 Å². The summed E-state index contributed by atoms with van der Waals surface area (Å²) < 4.78 is 1.61. The first kappa shape index (κ1) is 12.2. The van der Waals surface area contributed by atoms with Crippen LogP contribution in [0.4, 0.5) is 0 Å². The zero-order valence-corrected chi connectivity index (χ0v) is 9.82. The van der Waals surface area contributed by atoms with Crippen molar-refractivity contribution in [3.05, 3.63) is 17.5 Å². The van der Waals surface area contributed by atoms with E-state index in [-0.39, 0.29) is 11.9 Å². The minimum Gasteiger partial charge on any atom is -0.348 e. The summed E-state index contributed by atoms with van der Waals surface area (Å²) in [5.74, 6) is -0.160. The van der Waals surface area contributed by atoms with Crippen LogP contribution >= 0.6 is 0 Å². The predicted molar refractivity (Wildman–Crippen MR) is 59.7 cm³/mol. The first-order valence-corrected chi connectivity index (χ1v) is 5.26. The molecule has 1 amide bonds. The number of nitrogens with zero attached hydrogens (tertiary/aromatic N) is 3. The molecule has 1 N–H and O–H groups in total. The molecule has 1 aromatic rings. The maximum absolute atomic E-state index is 11.8. The second-order valence-electron chi connectivity index (χ2n) is 3.74. The summed E-state index contributed by atoms with van der Waals surface area (Å²) in [6, 6.07) is 1.97. The van der Waals surface area contributed by atoms with Crippen LogP contribution in [0.25, 0.3) is 0 Å². The number of nitrogens with one attached hydrogen (secondary N) is 1. The van der Waals surface area contributed by atoms with Crippen molar-refractivity contribution in [3.63, 3.8) is 0 Å². The number of hydrogen-bond donors (Lipinski definition) is 1. The van der Waals surface area contributed by atoms with Crippen LogP contribution in [-0.4, -0.2) is 21.7 Å². The van der Waals surface area contributed by atoms with Crippen molar-refractivity contribution >= 4 is 5.91 Å². The van der Waals surface area contributed by atoms with Gasteiger partial charge in [-0.15, -0.1) is 0 Å². The molecule has 1 unspecified atom stereocenters. The van der Waals surface area contributed by atoms with E-state index in [1.807, 2.05) is 6.92 Å². The summed E-state index contributed by atoms with van der Waals surface area (Å²) in [6.07, 6.45) is 2.77. The summed E-state index contributed by atoms with van der Waals surface area (Å²) in [6.45, 7) is 3.73. The van der Waals surface area contributed by atoms with Gasteiger partial charge >= 0.3 is 0 Å². The molecule has 0 aromatic carbocycles. The van der Waals surface area contributed by atoms with Crippen molar-refractivity contribution in [2.24, 2.45) is 7.05 Å². The second-order valence-corrected chi connectivity index (χ2v) is 3.74. The third-order valence-electron chi connectivity index (χ3n) is 2.42. The number of rotatable bonds is 4. The molecular formula is C11H16N4O. The molecule has 0 aliphatic heterocycles. The highest BCUT2D eigenvalue weighted by atomic mass is 16.1. The number of carbonyl (C=O) groups excluding carboxylic acids is 1. The Balaban J connectivity index is 2.72. The number of carbonyl (C=O) groups is 1. The van der Waals surface area contributed by atoms with Gasteiger partial charge in [0.15, 0.2) is 0 Å². The molecule has 0 bridgehead atoms. The van der Waals surface area contributed by atoms with Gasteiger partial charge in [-0.05, 0) is 13.3 Å². The molecule has 1 atom stereocenters. The maximum atomic E-state index is 11.8. The van der Waals surface area contributed by atoms with Crippen LogP contribution in [0.15, 0.2) is 6.20 Å². The van der Waals surface area contributed by atoms with Crippen LogP contribution in [0.1, 0.15) is 35.8 Å². The molecule has 86 valence electrons. The van der Waals surface area contributed by atoms with E-state index in [0.717, 1.165) is 6.42 Å². The Morgan fingerprint density at radius 2 is 2.44 bits per heavy atom. The molecule has 1 aromatic heterocycles. The van der Waals surface area contributed by atoms with E-state index >= 15 is 0 Å². The Labute approximate surface area is 95.1 Å². The smallest absolute Gasteiger partial charge is 0.254 e. The number of nitriles is 1. The maximum Gasteiger partial charge on any atom is 0.254 e. The first-order valence-electron chi connectivity index (χ1n) is 5.26. The van der Waals surface area contributed by atoms with Gasteiger partial charge in [0.2, 0.25) is 0 Å². The van der Waals surface area contributed by atoms with E-state index in [0.29, 0.717) is 17.7 Å². The van der Waals surface area contributed by atoms with Gasteiger partial charge in [0, 0.05) is 19.3 Å². The Hall–Kier alpha value is -1.83. The van der Waals surface area contributed by atoms with Gasteiger partial charge in [-0.25, -0.2) is 0 Å². The van der Waals surface area contributed by atoms with Crippen molar-refractivity contribution in [1.29, 1.82) is 5.26 Å². The number of hydrogen-bond acceptors (Lipinski definition) is 3. The molecule has 0 saturated carbocycles. The molecular weight excluding hydrogens is 204 g/mol. The molecule has 16 heavy (non-hydrogen) atoms. The van der Waals surface area contributed by atoms with Crippen molar-refractivity contribution in [3.8, 4) is 6.07 Å². The van der Waals surface area contributed by atoms with Gasteiger partial charge in [0.05, 0.1) is 23.7 Å². The van der Waals surface area contributed by atoms with Gasteiger partial charge in [-0.1, -0.05) is 6.92 Å². The van der Waals surface area contributed by atoms with Crippen LogP contribution in [0.2, 0.25) is 0 Å². The highest BCUT2D eigenvalue weighted by Crippen LogP contribution is 2.06. The zero-order chi connectivity index (χ0) is 12.1. The second kappa shape index (κ2) is 5.31. The third-order valence-corrected chi connectivity index (χ3v) is 2.42. The van der Waals surface area contributed by atoms with Crippen molar-refractivity contribution in [2.45, 2.75) is 32.7 Å². The van der Waals surface area contributed by atoms with E-state index < -0.39 is 0 Å². The molecule has 5 heteroatoms. The highest BCUT2D eigenvalue weighted by Gasteiger charge is 2.15. The standard InChI is InChI=1S/C11H16N4O/c1-4-9(5-6-12)13-11(16)10-7-15(3)14-8(10)2/h7,9H,4-5H2,1-3H3,(H,13,16). The quantitative estimate of drug-likeness (QED) is 0.827. The largest absolute Gasteiger partial charge is 0.348 e. The van der Waals surface area contributed by atoms with Crippen LogP contribution in [0.5, 0.6) is 0 Å². The lowest BCUT2D eigenvalue weighted by Gasteiger charge is -2.12. The fourth-order valence-electron chi connectivity index (χ4n) is 1.49. The average molecular weight is 220 g/mol. The Bertz CT molecular complexity index is 416. The average Bonchev–Trinajstić information content (AvgIpc) is 2.57. The zero-order valence-electron chi connectivity index (χ0n) is 9.82. The van der Waals surface area contributed by atoms with Gasteiger partial charge in [0.25, 0.3) is 5.91 Å². The Morgan fingerprint density at radius 3 is 2.88 bits per heavy atom. The van der Waals surface area contributed by atoms with Crippen molar-refractivity contribution < 1.29 is 4.79 Å². The van der Waals surface area contributed by atoms with Gasteiger partial charge in [-0.3, -0.25) is 9.48 Å². The van der Waals surface area contributed by atoms with Crippen LogP contribution in [0, 0.1) is 18.3 Å². The molecule has 1 heterocycles. The lowest BCUT2D eigenvalue weighted by Crippen LogP contribution is -2.34.